The van der Waals surface area contributed by atoms with Crippen molar-refractivity contribution in [3.8, 4) is 16.9 Å². The van der Waals surface area contributed by atoms with Gasteiger partial charge < -0.3 is 4.18 Å². The molecule has 98 valence electrons. The van der Waals surface area contributed by atoms with E-state index >= 15 is 0 Å². The van der Waals surface area contributed by atoms with E-state index in [1.54, 1.807) is 18.2 Å². The molecule has 2 aromatic rings. The normalized spacial score (nSPS) is 10.3. The van der Waals surface area contributed by atoms with E-state index in [0.717, 1.165) is 17.2 Å². The largest absolute Gasteiger partial charge is 0.429 e. The highest BCUT2D eigenvalue weighted by atomic mass is 32.1. The van der Waals surface area contributed by atoms with Gasteiger partial charge in [-0.2, -0.15) is 0 Å². The highest BCUT2D eigenvalue weighted by Gasteiger charge is 2.12. The van der Waals surface area contributed by atoms with Gasteiger partial charge >= 0.3 is 0 Å². The first-order valence-electron chi connectivity index (χ1n) is 5.59. The molecule has 4 heteroatoms. The summed E-state index contributed by atoms with van der Waals surface area (Å²) in [6.07, 6.45) is 0. The third-order valence-corrected chi connectivity index (χ3v) is 2.99. The Hall–Kier alpha value is -1.81. The summed E-state index contributed by atoms with van der Waals surface area (Å²) in [5.74, 6) is -0.759. The Kier molecular flexibility index (Phi) is 3.90. The Bertz CT molecular complexity index is 638. The maximum atomic E-state index is 13.9. The van der Waals surface area contributed by atoms with Gasteiger partial charge in [0.2, 0.25) is 0 Å². The smallest absolute Gasteiger partial charge is 0.137 e. The van der Waals surface area contributed by atoms with Gasteiger partial charge in [0.05, 0.1) is 0 Å². The molecule has 0 amide bonds. The fourth-order valence-corrected chi connectivity index (χ4v) is 2.00. The molecule has 0 heterocycles. The van der Waals surface area contributed by atoms with Gasteiger partial charge in [0.15, 0.2) is 0 Å². The highest BCUT2D eigenvalue weighted by Crippen LogP contribution is 2.33. The van der Waals surface area contributed by atoms with Crippen LogP contribution in [0.3, 0.4) is 0 Å². The summed E-state index contributed by atoms with van der Waals surface area (Å²) in [6.45, 7) is 5.68. The Balaban J connectivity index is 2.68. The van der Waals surface area contributed by atoms with Gasteiger partial charge in [-0.15, -0.1) is 0 Å². The van der Waals surface area contributed by atoms with E-state index in [1.807, 2.05) is 6.92 Å². The van der Waals surface area contributed by atoms with Crippen LogP contribution in [0.15, 0.2) is 43.0 Å². The van der Waals surface area contributed by atoms with Crippen molar-refractivity contribution in [2.75, 3.05) is 0 Å². The Morgan fingerprint density at radius 3 is 2.42 bits per heavy atom. The fourth-order valence-electron chi connectivity index (χ4n) is 1.88. The van der Waals surface area contributed by atoms with Crippen molar-refractivity contribution in [2.24, 2.45) is 0 Å². The molecule has 0 aliphatic rings. The monoisotopic (exact) mass is 278 g/mol. The number of hydrogen-bond acceptors (Lipinski definition) is 2. The summed E-state index contributed by atoms with van der Waals surface area (Å²) in [5.41, 5.74) is 2.45. The number of benzene rings is 2. The molecule has 2 rings (SSSR count). The van der Waals surface area contributed by atoms with E-state index in [9.17, 15) is 8.78 Å². The Labute approximate surface area is 116 Å². The molecule has 0 aromatic heterocycles. The maximum Gasteiger partial charge on any atom is 0.137 e. The minimum atomic E-state index is -0.626. The first kappa shape index (κ1) is 13.6. The lowest BCUT2D eigenvalue weighted by atomic mass is 9.95. The number of allylic oxidation sites excluding steroid dienone is 1. The lowest BCUT2D eigenvalue weighted by molar-refractivity contribution is 0.585. The molecule has 0 N–H and O–H groups in total. The Morgan fingerprint density at radius 2 is 1.84 bits per heavy atom. The van der Waals surface area contributed by atoms with Gasteiger partial charge in [-0.05, 0) is 42.3 Å². The van der Waals surface area contributed by atoms with Crippen molar-refractivity contribution in [1.29, 1.82) is 0 Å². The van der Waals surface area contributed by atoms with Crippen molar-refractivity contribution in [1.82, 2.24) is 0 Å². The van der Waals surface area contributed by atoms with Gasteiger partial charge in [0.25, 0.3) is 0 Å². The lowest BCUT2D eigenvalue weighted by Crippen LogP contribution is -1.92. The van der Waals surface area contributed by atoms with Gasteiger partial charge in [-0.1, -0.05) is 18.2 Å². The molecule has 0 aliphatic carbocycles. The van der Waals surface area contributed by atoms with Gasteiger partial charge in [-0.3, -0.25) is 0 Å². The Morgan fingerprint density at radius 1 is 1.11 bits per heavy atom. The summed E-state index contributed by atoms with van der Waals surface area (Å²) in [7, 11) is 0. The molecule has 2 aromatic carbocycles. The topological polar surface area (TPSA) is 9.23 Å². The van der Waals surface area contributed by atoms with E-state index in [1.165, 1.54) is 12.1 Å². The van der Waals surface area contributed by atoms with Crippen LogP contribution >= 0.6 is 12.9 Å². The zero-order chi connectivity index (χ0) is 14.0. The summed E-state index contributed by atoms with van der Waals surface area (Å²) in [6, 6.07) is 8.59. The van der Waals surface area contributed by atoms with Crippen LogP contribution in [0.4, 0.5) is 8.78 Å². The zero-order valence-electron chi connectivity index (χ0n) is 10.3. The van der Waals surface area contributed by atoms with Gasteiger partial charge in [0.1, 0.15) is 17.4 Å². The average Bonchev–Trinajstić information content (AvgIpc) is 2.38. The van der Waals surface area contributed by atoms with Crippen LogP contribution in [0.25, 0.3) is 16.7 Å². The zero-order valence-corrected chi connectivity index (χ0v) is 11.2. The minimum absolute atomic E-state index is 0.298. The third-order valence-electron chi connectivity index (χ3n) is 2.78. The van der Waals surface area contributed by atoms with Crippen LogP contribution in [0.2, 0.25) is 0 Å². The summed E-state index contributed by atoms with van der Waals surface area (Å²) < 4.78 is 31.7. The number of thiol groups is 1. The number of rotatable bonds is 3. The van der Waals surface area contributed by atoms with Crippen molar-refractivity contribution >= 4 is 18.5 Å². The van der Waals surface area contributed by atoms with Crippen LogP contribution in [-0.2, 0) is 0 Å². The van der Waals surface area contributed by atoms with Crippen LogP contribution in [-0.4, -0.2) is 0 Å². The minimum Gasteiger partial charge on any atom is -0.429 e. The lowest BCUT2D eigenvalue weighted by Gasteiger charge is -2.12. The quantitative estimate of drug-likeness (QED) is 0.621. The van der Waals surface area contributed by atoms with Gasteiger partial charge in [0, 0.05) is 24.5 Å². The van der Waals surface area contributed by atoms with Crippen molar-refractivity contribution in [3.05, 3.63) is 60.2 Å². The molecule has 0 atom stereocenters. The first-order valence-corrected chi connectivity index (χ1v) is 5.96. The standard InChI is InChI=1S/C15H12F2OS/c1-9(2)12-6-4-11(18-19)8-14(12)13-5-3-10(16)7-15(13)17/h3-8,19H,1H2,2H3. The molecule has 0 fully saturated rings. The van der Waals surface area contributed by atoms with Crippen LogP contribution in [0.1, 0.15) is 12.5 Å². The summed E-state index contributed by atoms with van der Waals surface area (Å²) >= 11 is 3.72. The van der Waals surface area contributed by atoms with E-state index in [0.29, 0.717) is 16.9 Å². The third kappa shape index (κ3) is 2.79. The van der Waals surface area contributed by atoms with E-state index in [-0.39, 0.29) is 0 Å². The van der Waals surface area contributed by atoms with Crippen molar-refractivity contribution < 1.29 is 13.0 Å². The molecule has 0 saturated carbocycles. The fraction of sp³-hybridized carbons (Fsp3) is 0.0667. The first-order chi connectivity index (χ1) is 9.02. The summed E-state index contributed by atoms with van der Waals surface area (Å²) in [5, 5.41) is 0. The molecular weight excluding hydrogens is 266 g/mol. The summed E-state index contributed by atoms with van der Waals surface area (Å²) in [4.78, 5) is 0. The van der Waals surface area contributed by atoms with Crippen LogP contribution in [0, 0.1) is 11.6 Å². The second-order valence-electron chi connectivity index (χ2n) is 4.20. The van der Waals surface area contributed by atoms with Crippen molar-refractivity contribution in [2.45, 2.75) is 6.92 Å². The van der Waals surface area contributed by atoms with Crippen molar-refractivity contribution in [3.63, 3.8) is 0 Å². The molecule has 0 saturated heterocycles. The number of halogens is 2. The molecule has 1 nitrogen and oxygen atoms in total. The molecule has 19 heavy (non-hydrogen) atoms. The predicted octanol–water partition coefficient (Wildman–Crippen LogP) is 4.89. The highest BCUT2D eigenvalue weighted by molar-refractivity contribution is 7.75. The predicted molar refractivity (Wildman–Crippen MR) is 76.1 cm³/mol. The molecule has 0 spiro atoms. The SMILES string of the molecule is C=C(C)c1ccc(OS)cc1-c1ccc(F)cc1F. The second-order valence-corrected chi connectivity index (χ2v) is 4.39. The van der Waals surface area contributed by atoms with E-state index < -0.39 is 11.6 Å². The maximum absolute atomic E-state index is 13.9. The van der Waals surface area contributed by atoms with Crippen LogP contribution in [0.5, 0.6) is 5.75 Å². The molecule has 0 radical (unpaired) electrons. The molecular formula is C15H12F2OS. The van der Waals surface area contributed by atoms with E-state index in [4.69, 9.17) is 4.18 Å². The molecule has 0 bridgehead atoms. The van der Waals surface area contributed by atoms with Gasteiger partial charge in [-0.25, -0.2) is 8.78 Å². The van der Waals surface area contributed by atoms with Crippen LogP contribution < -0.4 is 4.18 Å². The molecule has 0 aliphatic heterocycles. The second kappa shape index (κ2) is 5.45. The average molecular weight is 278 g/mol. The number of hydrogen-bond donors (Lipinski definition) is 1. The molecule has 0 unspecified atom stereocenters. The van der Waals surface area contributed by atoms with E-state index in [2.05, 4.69) is 19.5 Å².